The number of nitrogens with two attached hydrogens (primary N) is 1. The van der Waals surface area contributed by atoms with E-state index in [4.69, 9.17) is 5.73 Å². The highest BCUT2D eigenvalue weighted by molar-refractivity contribution is 4.89. The molecule has 2 fully saturated rings. The van der Waals surface area contributed by atoms with Crippen LogP contribution in [0.25, 0.3) is 0 Å². The first kappa shape index (κ1) is 14.3. The summed E-state index contributed by atoms with van der Waals surface area (Å²) < 4.78 is 0. The van der Waals surface area contributed by atoms with E-state index in [-0.39, 0.29) is 0 Å². The number of rotatable bonds is 5. The van der Waals surface area contributed by atoms with Gasteiger partial charge in [0.1, 0.15) is 0 Å². The van der Waals surface area contributed by atoms with Crippen LogP contribution in [-0.4, -0.2) is 54.1 Å². The Hall–Kier alpha value is -0.120. The summed E-state index contributed by atoms with van der Waals surface area (Å²) in [5.74, 6) is 0. The molecule has 3 atom stereocenters. The van der Waals surface area contributed by atoms with Crippen LogP contribution in [0.15, 0.2) is 0 Å². The predicted molar refractivity (Wildman–Crippen MR) is 77.7 cm³/mol. The third kappa shape index (κ3) is 3.69. The molecule has 2 heterocycles. The van der Waals surface area contributed by atoms with Crippen molar-refractivity contribution < 1.29 is 0 Å². The van der Waals surface area contributed by atoms with Crippen LogP contribution in [0.3, 0.4) is 0 Å². The topological polar surface area (TPSA) is 32.5 Å². The molecule has 0 radical (unpaired) electrons. The van der Waals surface area contributed by atoms with Crippen molar-refractivity contribution in [1.29, 1.82) is 0 Å². The Morgan fingerprint density at radius 1 is 1.22 bits per heavy atom. The molecular formula is C15H31N3. The summed E-state index contributed by atoms with van der Waals surface area (Å²) >= 11 is 0. The molecule has 2 rings (SSSR count). The van der Waals surface area contributed by atoms with E-state index < -0.39 is 0 Å². The van der Waals surface area contributed by atoms with Crippen molar-refractivity contribution in [2.45, 2.75) is 70.5 Å². The molecule has 3 unspecified atom stereocenters. The van der Waals surface area contributed by atoms with Crippen molar-refractivity contribution in [2.24, 2.45) is 5.73 Å². The first-order valence-electron chi connectivity index (χ1n) is 7.94. The molecule has 0 aliphatic carbocycles. The maximum Gasteiger partial charge on any atom is 0.0223 e. The maximum absolute atomic E-state index is 6.14. The highest BCUT2D eigenvalue weighted by Crippen LogP contribution is 2.24. The second-order valence-corrected chi connectivity index (χ2v) is 6.33. The van der Waals surface area contributed by atoms with Gasteiger partial charge in [-0.05, 0) is 39.2 Å². The molecule has 2 N–H and O–H groups in total. The van der Waals surface area contributed by atoms with Crippen molar-refractivity contribution in [3.8, 4) is 0 Å². The largest absolute Gasteiger partial charge is 0.328 e. The van der Waals surface area contributed by atoms with Crippen LogP contribution < -0.4 is 5.73 Å². The summed E-state index contributed by atoms with van der Waals surface area (Å²) in [6.45, 7) is 9.69. The van der Waals surface area contributed by atoms with Gasteiger partial charge in [0.15, 0.2) is 0 Å². The Labute approximate surface area is 113 Å². The summed E-state index contributed by atoms with van der Waals surface area (Å²) in [5.41, 5.74) is 6.14. The molecule has 3 nitrogen and oxygen atoms in total. The summed E-state index contributed by atoms with van der Waals surface area (Å²) in [7, 11) is 0. The molecule has 0 aromatic carbocycles. The van der Waals surface area contributed by atoms with Gasteiger partial charge in [0.05, 0.1) is 0 Å². The first-order valence-corrected chi connectivity index (χ1v) is 7.94. The number of piperazine rings is 1. The lowest BCUT2D eigenvalue weighted by atomic mass is 9.96. The summed E-state index contributed by atoms with van der Waals surface area (Å²) in [6.07, 6.45) is 7.81. The minimum Gasteiger partial charge on any atom is -0.328 e. The van der Waals surface area contributed by atoms with Crippen LogP contribution >= 0.6 is 0 Å². The second kappa shape index (κ2) is 6.88. The lowest BCUT2D eigenvalue weighted by Gasteiger charge is -2.47. The van der Waals surface area contributed by atoms with E-state index in [9.17, 15) is 0 Å². The molecule has 106 valence electrons. The minimum absolute atomic E-state index is 0.409. The first-order chi connectivity index (χ1) is 8.70. The average molecular weight is 253 g/mol. The summed E-state index contributed by atoms with van der Waals surface area (Å²) in [5, 5.41) is 0. The van der Waals surface area contributed by atoms with Crippen molar-refractivity contribution in [2.75, 3.05) is 26.2 Å². The minimum atomic E-state index is 0.409. The Morgan fingerprint density at radius 3 is 2.83 bits per heavy atom. The van der Waals surface area contributed by atoms with Crippen molar-refractivity contribution >= 4 is 0 Å². The van der Waals surface area contributed by atoms with Crippen molar-refractivity contribution in [3.05, 3.63) is 0 Å². The van der Waals surface area contributed by atoms with Gasteiger partial charge in [-0.1, -0.05) is 19.8 Å². The van der Waals surface area contributed by atoms with Gasteiger partial charge >= 0.3 is 0 Å². The highest BCUT2D eigenvalue weighted by Gasteiger charge is 2.32. The number of hydrogen-bond acceptors (Lipinski definition) is 3. The van der Waals surface area contributed by atoms with Gasteiger partial charge in [0.2, 0.25) is 0 Å². The van der Waals surface area contributed by atoms with Gasteiger partial charge in [0.25, 0.3) is 0 Å². The molecule has 0 bridgehead atoms. The van der Waals surface area contributed by atoms with E-state index in [0.29, 0.717) is 12.1 Å². The van der Waals surface area contributed by atoms with Gasteiger partial charge < -0.3 is 5.73 Å². The van der Waals surface area contributed by atoms with Gasteiger partial charge in [-0.25, -0.2) is 0 Å². The number of piperidine rings is 1. The van der Waals surface area contributed by atoms with Crippen LogP contribution in [0.1, 0.15) is 52.4 Å². The Kier molecular flexibility index (Phi) is 5.46. The maximum atomic E-state index is 6.14. The molecule has 0 aromatic rings. The molecule has 0 amide bonds. The van der Waals surface area contributed by atoms with Gasteiger partial charge in [-0.2, -0.15) is 0 Å². The lowest BCUT2D eigenvalue weighted by Crippen LogP contribution is -2.59. The van der Waals surface area contributed by atoms with E-state index in [1.54, 1.807) is 0 Å². The number of nitrogens with zero attached hydrogens (tertiary/aromatic N) is 2. The van der Waals surface area contributed by atoms with E-state index in [2.05, 4.69) is 23.6 Å². The molecule has 18 heavy (non-hydrogen) atoms. The standard InChI is InChI=1S/C15H31N3/c1-3-6-14(16)8-10-17-12-15-7-4-5-9-18(15)11-13(17)2/h13-15H,3-12,16H2,1-2H3. The van der Waals surface area contributed by atoms with Crippen LogP contribution in [0, 0.1) is 0 Å². The highest BCUT2D eigenvalue weighted by atomic mass is 15.3. The molecule has 0 spiro atoms. The molecular weight excluding hydrogens is 222 g/mol. The predicted octanol–water partition coefficient (Wildman–Crippen LogP) is 2.06. The zero-order valence-corrected chi connectivity index (χ0v) is 12.3. The Morgan fingerprint density at radius 2 is 2.06 bits per heavy atom. The zero-order chi connectivity index (χ0) is 13.0. The second-order valence-electron chi connectivity index (χ2n) is 6.33. The molecule has 2 saturated heterocycles. The van der Waals surface area contributed by atoms with Crippen LogP contribution in [-0.2, 0) is 0 Å². The fourth-order valence-corrected chi connectivity index (χ4v) is 3.57. The van der Waals surface area contributed by atoms with Gasteiger partial charge in [-0.15, -0.1) is 0 Å². The third-order valence-corrected chi connectivity index (χ3v) is 4.76. The average Bonchev–Trinajstić information content (AvgIpc) is 2.36. The van der Waals surface area contributed by atoms with E-state index >= 15 is 0 Å². The quantitative estimate of drug-likeness (QED) is 0.814. The van der Waals surface area contributed by atoms with Crippen molar-refractivity contribution in [3.63, 3.8) is 0 Å². The third-order valence-electron chi connectivity index (χ3n) is 4.76. The van der Waals surface area contributed by atoms with Gasteiger partial charge in [0, 0.05) is 37.8 Å². The summed E-state index contributed by atoms with van der Waals surface area (Å²) in [4.78, 5) is 5.40. The van der Waals surface area contributed by atoms with Crippen LogP contribution in [0.2, 0.25) is 0 Å². The Balaban J connectivity index is 1.78. The molecule has 2 aliphatic heterocycles. The van der Waals surface area contributed by atoms with E-state index in [1.165, 1.54) is 64.7 Å². The number of fused-ring (bicyclic) bond motifs is 1. The fraction of sp³-hybridized carbons (Fsp3) is 1.00. The summed E-state index contributed by atoms with van der Waals surface area (Å²) in [6, 6.07) is 1.96. The smallest absolute Gasteiger partial charge is 0.0223 e. The van der Waals surface area contributed by atoms with Crippen LogP contribution in [0.4, 0.5) is 0 Å². The lowest BCUT2D eigenvalue weighted by molar-refractivity contribution is 0.0140. The van der Waals surface area contributed by atoms with Crippen LogP contribution in [0.5, 0.6) is 0 Å². The monoisotopic (exact) mass is 253 g/mol. The normalized spacial score (nSPS) is 32.2. The van der Waals surface area contributed by atoms with E-state index in [1.807, 2.05) is 0 Å². The van der Waals surface area contributed by atoms with E-state index in [0.717, 1.165) is 6.04 Å². The number of hydrogen-bond donors (Lipinski definition) is 1. The Bertz CT molecular complexity index is 244. The molecule has 2 aliphatic rings. The van der Waals surface area contributed by atoms with Gasteiger partial charge in [-0.3, -0.25) is 9.80 Å². The van der Waals surface area contributed by atoms with Crippen molar-refractivity contribution in [1.82, 2.24) is 9.80 Å². The molecule has 3 heteroatoms. The SMILES string of the molecule is CCCC(N)CCN1CC2CCCCN2CC1C. The fourth-order valence-electron chi connectivity index (χ4n) is 3.57. The zero-order valence-electron chi connectivity index (χ0n) is 12.3. The molecule has 0 saturated carbocycles. The molecule has 0 aromatic heterocycles.